The molecular weight excluding hydrogens is 196 g/mol. The number of rotatable bonds is 3. The Bertz CT molecular complexity index is 360. The van der Waals surface area contributed by atoms with Gasteiger partial charge in [-0.15, -0.1) is 6.58 Å². The second-order valence-electron chi connectivity index (χ2n) is 4.41. The first-order valence-corrected chi connectivity index (χ1v) is 5.98. The molecule has 2 N–H and O–H groups in total. The quantitative estimate of drug-likeness (QED) is 0.758. The van der Waals surface area contributed by atoms with E-state index in [0.29, 0.717) is 12.1 Å². The highest BCUT2D eigenvalue weighted by molar-refractivity contribution is 5.31. The predicted molar refractivity (Wildman–Crippen MR) is 68.3 cm³/mol. The zero-order valence-corrected chi connectivity index (χ0v) is 9.87. The van der Waals surface area contributed by atoms with Crippen molar-refractivity contribution in [2.24, 2.45) is 0 Å². The van der Waals surface area contributed by atoms with Crippen molar-refractivity contribution in [3.63, 3.8) is 0 Å². The van der Waals surface area contributed by atoms with Gasteiger partial charge in [0, 0.05) is 18.6 Å². The summed E-state index contributed by atoms with van der Waals surface area (Å²) in [5, 5.41) is 7.07. The molecular formula is C14H20N2. The summed E-state index contributed by atoms with van der Waals surface area (Å²) >= 11 is 0. The molecule has 0 bridgehead atoms. The van der Waals surface area contributed by atoms with Crippen LogP contribution in [0.1, 0.15) is 30.5 Å². The lowest BCUT2D eigenvalue weighted by molar-refractivity contribution is 0.472. The fourth-order valence-electron chi connectivity index (χ4n) is 2.22. The van der Waals surface area contributed by atoms with Crippen molar-refractivity contribution in [1.82, 2.24) is 10.6 Å². The van der Waals surface area contributed by atoms with E-state index in [1.54, 1.807) is 0 Å². The Kier molecular flexibility index (Phi) is 3.75. The molecule has 16 heavy (non-hydrogen) atoms. The molecule has 0 aliphatic carbocycles. The number of fused-ring (bicyclic) bond motifs is 1. The summed E-state index contributed by atoms with van der Waals surface area (Å²) in [5.41, 5.74) is 2.84. The fraction of sp³-hybridized carbons (Fsp3) is 0.429. The Morgan fingerprint density at radius 3 is 3.12 bits per heavy atom. The third-order valence-electron chi connectivity index (χ3n) is 3.17. The highest BCUT2D eigenvalue weighted by Gasteiger charge is 2.18. The average molecular weight is 216 g/mol. The van der Waals surface area contributed by atoms with Crippen molar-refractivity contribution in [2.75, 3.05) is 6.54 Å². The van der Waals surface area contributed by atoms with E-state index in [4.69, 9.17) is 0 Å². The summed E-state index contributed by atoms with van der Waals surface area (Å²) in [5.74, 6) is 0. The second-order valence-corrected chi connectivity index (χ2v) is 4.41. The molecule has 0 saturated heterocycles. The molecule has 0 radical (unpaired) electrons. The van der Waals surface area contributed by atoms with E-state index >= 15 is 0 Å². The zero-order valence-electron chi connectivity index (χ0n) is 9.87. The molecule has 0 amide bonds. The van der Waals surface area contributed by atoms with Crippen molar-refractivity contribution in [1.29, 1.82) is 0 Å². The van der Waals surface area contributed by atoms with Crippen LogP contribution < -0.4 is 10.6 Å². The van der Waals surface area contributed by atoms with Crippen molar-refractivity contribution in [2.45, 2.75) is 32.0 Å². The van der Waals surface area contributed by atoms with E-state index < -0.39 is 0 Å². The summed E-state index contributed by atoms with van der Waals surface area (Å²) in [6.45, 7) is 8.02. The number of hydrogen-bond acceptors (Lipinski definition) is 2. The first-order valence-electron chi connectivity index (χ1n) is 5.98. The van der Waals surface area contributed by atoms with Crippen LogP contribution >= 0.6 is 0 Å². The van der Waals surface area contributed by atoms with Crippen LogP contribution in [-0.4, -0.2) is 12.6 Å². The summed E-state index contributed by atoms with van der Waals surface area (Å²) in [6.07, 6.45) is 3.09. The van der Waals surface area contributed by atoms with E-state index in [1.807, 2.05) is 6.08 Å². The first kappa shape index (κ1) is 11.4. The van der Waals surface area contributed by atoms with Crippen LogP contribution in [0.2, 0.25) is 0 Å². The van der Waals surface area contributed by atoms with E-state index in [9.17, 15) is 0 Å². The van der Waals surface area contributed by atoms with Gasteiger partial charge in [0.25, 0.3) is 0 Å². The van der Waals surface area contributed by atoms with E-state index in [-0.39, 0.29) is 0 Å². The molecule has 2 nitrogen and oxygen atoms in total. The van der Waals surface area contributed by atoms with Crippen LogP contribution in [0.15, 0.2) is 36.9 Å². The molecule has 1 aliphatic rings. The Hall–Kier alpha value is -1.12. The summed E-state index contributed by atoms with van der Waals surface area (Å²) < 4.78 is 0. The maximum atomic E-state index is 3.83. The lowest BCUT2D eigenvalue weighted by atomic mass is 9.99. The second kappa shape index (κ2) is 5.28. The third kappa shape index (κ3) is 2.52. The number of benzene rings is 1. The molecule has 0 aromatic heterocycles. The van der Waals surface area contributed by atoms with Crippen molar-refractivity contribution < 1.29 is 0 Å². The molecule has 0 spiro atoms. The topological polar surface area (TPSA) is 24.1 Å². The summed E-state index contributed by atoms with van der Waals surface area (Å²) in [7, 11) is 0. The minimum absolute atomic E-state index is 0.358. The lowest BCUT2D eigenvalue weighted by Crippen LogP contribution is -2.29. The lowest BCUT2D eigenvalue weighted by Gasteiger charge is -2.21. The highest BCUT2D eigenvalue weighted by Crippen LogP contribution is 2.23. The third-order valence-corrected chi connectivity index (χ3v) is 3.17. The van der Waals surface area contributed by atoms with Crippen molar-refractivity contribution in [3.05, 3.63) is 48.0 Å². The number of nitrogens with one attached hydrogen (secondary N) is 2. The van der Waals surface area contributed by atoms with Gasteiger partial charge >= 0.3 is 0 Å². The van der Waals surface area contributed by atoms with Gasteiger partial charge < -0.3 is 10.6 Å². The van der Waals surface area contributed by atoms with Crippen LogP contribution in [0.25, 0.3) is 0 Å². The van der Waals surface area contributed by atoms with Crippen molar-refractivity contribution in [3.8, 4) is 0 Å². The van der Waals surface area contributed by atoms with Gasteiger partial charge in [0.2, 0.25) is 0 Å². The van der Waals surface area contributed by atoms with E-state index in [2.05, 4.69) is 48.4 Å². The van der Waals surface area contributed by atoms with Gasteiger partial charge in [-0.2, -0.15) is 0 Å². The predicted octanol–water partition coefficient (Wildman–Crippen LogP) is 2.39. The molecule has 0 saturated carbocycles. The molecule has 2 heteroatoms. The molecule has 1 heterocycles. The summed E-state index contributed by atoms with van der Waals surface area (Å²) in [4.78, 5) is 0. The fourth-order valence-corrected chi connectivity index (χ4v) is 2.22. The molecule has 2 atom stereocenters. The number of hydrogen-bond donors (Lipinski definition) is 2. The van der Waals surface area contributed by atoms with Gasteiger partial charge in [0.15, 0.2) is 0 Å². The molecule has 0 fully saturated rings. The highest BCUT2D eigenvalue weighted by atomic mass is 15.0. The van der Waals surface area contributed by atoms with Gasteiger partial charge in [0.1, 0.15) is 0 Å². The van der Waals surface area contributed by atoms with Crippen molar-refractivity contribution >= 4 is 0 Å². The largest absolute Gasteiger partial charge is 0.313 e. The first-order chi connectivity index (χ1) is 7.81. The van der Waals surface area contributed by atoms with Crippen LogP contribution in [-0.2, 0) is 6.54 Å². The van der Waals surface area contributed by atoms with Gasteiger partial charge in [-0.25, -0.2) is 0 Å². The maximum Gasteiger partial charge on any atom is 0.0340 e. The van der Waals surface area contributed by atoms with E-state index in [0.717, 1.165) is 19.5 Å². The maximum absolute atomic E-state index is 3.83. The normalized spacial score (nSPS) is 21.9. The van der Waals surface area contributed by atoms with Gasteiger partial charge in [-0.05, 0) is 31.0 Å². The van der Waals surface area contributed by atoms with Gasteiger partial charge in [0.05, 0.1) is 0 Å². The van der Waals surface area contributed by atoms with Crippen LogP contribution in [0.5, 0.6) is 0 Å². The average Bonchev–Trinajstić information content (AvgIpc) is 2.52. The molecule has 2 rings (SSSR count). The Labute approximate surface area is 97.8 Å². The van der Waals surface area contributed by atoms with Gasteiger partial charge in [-0.3, -0.25) is 0 Å². The Morgan fingerprint density at radius 2 is 2.31 bits per heavy atom. The van der Waals surface area contributed by atoms with Crippen LogP contribution in [0.3, 0.4) is 0 Å². The molecule has 2 unspecified atom stereocenters. The monoisotopic (exact) mass is 216 g/mol. The Balaban J connectivity index is 2.22. The Morgan fingerprint density at radius 1 is 1.50 bits per heavy atom. The smallest absolute Gasteiger partial charge is 0.0340 e. The van der Waals surface area contributed by atoms with E-state index in [1.165, 1.54) is 11.1 Å². The van der Waals surface area contributed by atoms with Crippen LogP contribution in [0, 0.1) is 0 Å². The minimum atomic E-state index is 0.358. The minimum Gasteiger partial charge on any atom is -0.313 e. The molecule has 86 valence electrons. The summed E-state index contributed by atoms with van der Waals surface area (Å²) in [6, 6.07) is 9.48. The molecule has 1 aromatic carbocycles. The molecule has 1 aliphatic heterocycles. The standard InChI is InChI=1S/C14H20N2/c1-3-11(2)16-14-8-9-15-10-12-6-4-5-7-13(12)14/h3-7,11,14-16H,1,8-10H2,2H3. The molecule has 1 aromatic rings. The SMILES string of the molecule is C=CC(C)NC1CCNCc2ccccc21. The van der Waals surface area contributed by atoms with Gasteiger partial charge in [-0.1, -0.05) is 30.3 Å². The van der Waals surface area contributed by atoms with Crippen LogP contribution in [0.4, 0.5) is 0 Å². The zero-order chi connectivity index (χ0) is 11.4.